The molecule has 0 saturated carbocycles. The Bertz CT molecular complexity index is 625. The first-order chi connectivity index (χ1) is 10.7. The van der Waals surface area contributed by atoms with Crippen molar-refractivity contribution in [2.75, 3.05) is 11.9 Å². The molecule has 0 saturated heterocycles. The Morgan fingerprint density at radius 1 is 1.18 bits per heavy atom. The lowest BCUT2D eigenvalue weighted by atomic mass is 10.1. The first-order valence-electron chi connectivity index (χ1n) is 7.83. The molecular formula is C18H23N3O. The molecule has 2 rings (SSSR count). The van der Waals surface area contributed by atoms with Gasteiger partial charge < -0.3 is 10.6 Å². The normalized spacial score (nSPS) is 10.3. The summed E-state index contributed by atoms with van der Waals surface area (Å²) in [6.07, 6.45) is 4.65. The van der Waals surface area contributed by atoms with Gasteiger partial charge in [0.05, 0.1) is 0 Å². The van der Waals surface area contributed by atoms with Gasteiger partial charge in [-0.2, -0.15) is 0 Å². The van der Waals surface area contributed by atoms with E-state index >= 15 is 0 Å². The summed E-state index contributed by atoms with van der Waals surface area (Å²) in [5.74, 6) is -0.124. The molecule has 1 amide bonds. The van der Waals surface area contributed by atoms with E-state index in [0.717, 1.165) is 30.6 Å². The number of para-hydroxylation sites is 1. The van der Waals surface area contributed by atoms with Crippen molar-refractivity contribution in [1.82, 2.24) is 10.3 Å². The molecule has 2 aromatic rings. The Kier molecular flexibility index (Phi) is 5.95. The fraction of sp³-hybridized carbons (Fsp3) is 0.333. The van der Waals surface area contributed by atoms with Crippen LogP contribution in [0.4, 0.5) is 11.4 Å². The van der Waals surface area contributed by atoms with Gasteiger partial charge in [-0.3, -0.25) is 9.78 Å². The summed E-state index contributed by atoms with van der Waals surface area (Å²) in [7, 11) is 0. The van der Waals surface area contributed by atoms with Crippen LogP contribution >= 0.6 is 0 Å². The number of carbonyl (C=O) groups excluding carboxylic acids is 1. The topological polar surface area (TPSA) is 54.0 Å². The molecule has 2 N–H and O–H groups in total. The van der Waals surface area contributed by atoms with Crippen LogP contribution in [0.5, 0.6) is 0 Å². The van der Waals surface area contributed by atoms with E-state index < -0.39 is 0 Å². The fourth-order valence-electron chi connectivity index (χ4n) is 2.21. The minimum Gasteiger partial charge on any atom is -0.355 e. The Morgan fingerprint density at radius 2 is 2.00 bits per heavy atom. The first kappa shape index (κ1) is 16.0. The largest absolute Gasteiger partial charge is 0.355 e. The molecule has 4 nitrogen and oxygen atoms in total. The summed E-state index contributed by atoms with van der Waals surface area (Å²) in [5, 5.41) is 6.25. The van der Waals surface area contributed by atoms with Crippen molar-refractivity contribution in [1.29, 1.82) is 0 Å². The van der Waals surface area contributed by atoms with Crippen LogP contribution in [0.3, 0.4) is 0 Å². The van der Waals surface area contributed by atoms with Gasteiger partial charge in [0.1, 0.15) is 5.69 Å². The summed E-state index contributed by atoms with van der Waals surface area (Å²) in [4.78, 5) is 16.2. The zero-order valence-electron chi connectivity index (χ0n) is 13.2. The van der Waals surface area contributed by atoms with E-state index in [4.69, 9.17) is 0 Å². The third-order valence-electron chi connectivity index (χ3n) is 3.49. The molecule has 0 fully saturated rings. The molecule has 22 heavy (non-hydrogen) atoms. The Balaban J connectivity index is 2.09. The maximum Gasteiger partial charge on any atom is 0.269 e. The summed E-state index contributed by atoms with van der Waals surface area (Å²) in [5.41, 5.74) is 3.62. The number of benzene rings is 1. The average Bonchev–Trinajstić information content (AvgIpc) is 2.56. The molecule has 1 aromatic heterocycles. The van der Waals surface area contributed by atoms with E-state index in [0.29, 0.717) is 12.2 Å². The molecule has 0 aliphatic rings. The summed E-state index contributed by atoms with van der Waals surface area (Å²) < 4.78 is 0. The molecule has 0 atom stereocenters. The minimum atomic E-state index is -0.124. The number of amides is 1. The number of hydrogen-bond acceptors (Lipinski definition) is 3. The van der Waals surface area contributed by atoms with Crippen molar-refractivity contribution < 1.29 is 4.79 Å². The van der Waals surface area contributed by atoms with Crippen LogP contribution in [0, 0.1) is 0 Å². The van der Waals surface area contributed by atoms with Crippen molar-refractivity contribution in [2.24, 2.45) is 0 Å². The number of pyridine rings is 1. The van der Waals surface area contributed by atoms with Gasteiger partial charge in [-0.25, -0.2) is 0 Å². The Morgan fingerprint density at radius 3 is 2.77 bits per heavy atom. The highest BCUT2D eigenvalue weighted by atomic mass is 16.1. The smallest absolute Gasteiger partial charge is 0.269 e. The van der Waals surface area contributed by atoms with E-state index in [2.05, 4.69) is 35.5 Å². The third-order valence-corrected chi connectivity index (χ3v) is 3.49. The van der Waals surface area contributed by atoms with Gasteiger partial charge in [-0.15, -0.1) is 0 Å². The lowest BCUT2D eigenvalue weighted by molar-refractivity contribution is 0.0948. The van der Waals surface area contributed by atoms with Gasteiger partial charge in [0, 0.05) is 24.1 Å². The van der Waals surface area contributed by atoms with Gasteiger partial charge in [0.15, 0.2) is 0 Å². The SMILES string of the molecule is CCCCNC(=O)c1cc(Nc2ccccc2CC)ccn1. The van der Waals surface area contributed by atoms with Crippen LogP contribution in [0.2, 0.25) is 0 Å². The number of aromatic nitrogens is 1. The van der Waals surface area contributed by atoms with Gasteiger partial charge in [-0.1, -0.05) is 38.5 Å². The van der Waals surface area contributed by atoms with E-state index in [1.54, 1.807) is 12.3 Å². The lowest BCUT2D eigenvalue weighted by Gasteiger charge is -2.11. The highest BCUT2D eigenvalue weighted by molar-refractivity contribution is 5.93. The van der Waals surface area contributed by atoms with Crippen molar-refractivity contribution in [3.63, 3.8) is 0 Å². The average molecular weight is 297 g/mol. The van der Waals surface area contributed by atoms with Crippen LogP contribution in [-0.2, 0) is 6.42 Å². The number of rotatable bonds is 7. The number of unbranched alkanes of at least 4 members (excludes halogenated alkanes) is 1. The van der Waals surface area contributed by atoms with Gasteiger partial charge >= 0.3 is 0 Å². The number of aryl methyl sites for hydroxylation is 1. The van der Waals surface area contributed by atoms with Crippen LogP contribution in [-0.4, -0.2) is 17.4 Å². The molecule has 0 unspecified atom stereocenters. The zero-order chi connectivity index (χ0) is 15.8. The van der Waals surface area contributed by atoms with Crippen molar-refractivity contribution in [3.05, 3.63) is 53.9 Å². The maximum absolute atomic E-state index is 12.0. The molecule has 1 heterocycles. The lowest BCUT2D eigenvalue weighted by Crippen LogP contribution is -2.25. The number of nitrogens with one attached hydrogen (secondary N) is 2. The van der Waals surface area contributed by atoms with Crippen molar-refractivity contribution in [2.45, 2.75) is 33.1 Å². The first-order valence-corrected chi connectivity index (χ1v) is 7.83. The highest BCUT2D eigenvalue weighted by Crippen LogP contribution is 2.21. The molecule has 0 aliphatic carbocycles. The predicted octanol–water partition coefficient (Wildman–Crippen LogP) is 3.92. The summed E-state index contributed by atoms with van der Waals surface area (Å²) in [6.45, 7) is 4.91. The quantitative estimate of drug-likeness (QED) is 0.762. The standard InChI is InChI=1S/C18H23N3O/c1-3-5-11-20-18(22)17-13-15(10-12-19-17)21-16-9-7-6-8-14(16)4-2/h6-10,12-13H,3-5,11H2,1-2H3,(H,19,21)(H,20,22). The van der Waals surface area contributed by atoms with E-state index in [1.165, 1.54) is 5.56 Å². The number of hydrogen-bond donors (Lipinski definition) is 2. The van der Waals surface area contributed by atoms with E-state index in [1.807, 2.05) is 24.3 Å². The van der Waals surface area contributed by atoms with Crippen molar-refractivity contribution >= 4 is 17.3 Å². The Hall–Kier alpha value is -2.36. The predicted molar refractivity (Wildman–Crippen MR) is 90.6 cm³/mol. The molecule has 0 bridgehead atoms. The second-order valence-corrected chi connectivity index (χ2v) is 5.17. The molecule has 0 spiro atoms. The van der Waals surface area contributed by atoms with Gasteiger partial charge in [0.2, 0.25) is 0 Å². The van der Waals surface area contributed by atoms with Crippen LogP contribution < -0.4 is 10.6 Å². The molecule has 116 valence electrons. The van der Waals surface area contributed by atoms with Crippen LogP contribution in [0.25, 0.3) is 0 Å². The summed E-state index contributed by atoms with van der Waals surface area (Å²) in [6, 6.07) is 11.8. The second-order valence-electron chi connectivity index (χ2n) is 5.17. The zero-order valence-corrected chi connectivity index (χ0v) is 13.2. The molecule has 4 heteroatoms. The second kappa shape index (κ2) is 8.17. The summed E-state index contributed by atoms with van der Waals surface area (Å²) >= 11 is 0. The minimum absolute atomic E-state index is 0.124. The fourth-order valence-corrected chi connectivity index (χ4v) is 2.21. The van der Waals surface area contributed by atoms with E-state index in [-0.39, 0.29) is 5.91 Å². The maximum atomic E-state index is 12.0. The molecule has 0 radical (unpaired) electrons. The molecule has 0 aliphatic heterocycles. The number of anilines is 2. The number of carbonyl (C=O) groups is 1. The van der Waals surface area contributed by atoms with E-state index in [9.17, 15) is 4.79 Å². The molecule has 1 aromatic carbocycles. The monoisotopic (exact) mass is 297 g/mol. The van der Waals surface area contributed by atoms with Gasteiger partial charge in [0.25, 0.3) is 5.91 Å². The third kappa shape index (κ3) is 4.32. The van der Waals surface area contributed by atoms with Gasteiger partial charge in [-0.05, 0) is 36.6 Å². The molecular weight excluding hydrogens is 274 g/mol. The highest BCUT2D eigenvalue weighted by Gasteiger charge is 2.08. The van der Waals surface area contributed by atoms with Crippen LogP contribution in [0.1, 0.15) is 42.7 Å². The Labute approximate surface area is 132 Å². The van der Waals surface area contributed by atoms with Crippen LogP contribution in [0.15, 0.2) is 42.6 Å². The number of nitrogens with zero attached hydrogens (tertiary/aromatic N) is 1. The van der Waals surface area contributed by atoms with Crippen molar-refractivity contribution in [3.8, 4) is 0 Å².